The lowest BCUT2D eigenvalue weighted by atomic mass is 10.2. The molecule has 8 nitrogen and oxygen atoms in total. The van der Waals surface area contributed by atoms with E-state index in [-0.39, 0.29) is 24.6 Å². The van der Waals surface area contributed by atoms with Crippen molar-refractivity contribution in [1.82, 2.24) is 24.6 Å². The van der Waals surface area contributed by atoms with Crippen molar-refractivity contribution in [3.8, 4) is 11.5 Å². The lowest BCUT2D eigenvalue weighted by Gasteiger charge is -2.21. The van der Waals surface area contributed by atoms with Gasteiger partial charge in [-0.15, -0.1) is 10.2 Å². The molecule has 0 N–H and O–H groups in total. The van der Waals surface area contributed by atoms with Gasteiger partial charge in [-0.2, -0.15) is 0 Å². The Balaban J connectivity index is 1.56. The van der Waals surface area contributed by atoms with Gasteiger partial charge in [-0.05, 0) is 37.6 Å². The maximum atomic E-state index is 13.1. The predicted molar refractivity (Wildman–Crippen MR) is 121 cm³/mol. The predicted octanol–water partition coefficient (Wildman–Crippen LogP) is 3.85. The fourth-order valence-electron chi connectivity index (χ4n) is 3.49. The Morgan fingerprint density at radius 1 is 1.12 bits per heavy atom. The van der Waals surface area contributed by atoms with Gasteiger partial charge < -0.3 is 9.32 Å². The van der Waals surface area contributed by atoms with Gasteiger partial charge in [0.05, 0.1) is 28.0 Å². The molecule has 2 heterocycles. The SMILES string of the molecule is CCCN(Cc1nnc(-c2ccccc2Cl)o1)C(=O)Cn1c(C)nc2ccccc2c1=O. The molecule has 0 atom stereocenters. The van der Waals surface area contributed by atoms with E-state index in [0.29, 0.717) is 45.6 Å². The molecule has 0 saturated heterocycles. The van der Waals surface area contributed by atoms with E-state index in [2.05, 4.69) is 15.2 Å². The zero-order valence-corrected chi connectivity index (χ0v) is 18.5. The van der Waals surface area contributed by atoms with Crippen LogP contribution in [0.2, 0.25) is 5.02 Å². The minimum atomic E-state index is -0.239. The van der Waals surface area contributed by atoms with Crippen LogP contribution < -0.4 is 5.56 Å². The molecule has 4 rings (SSSR count). The number of halogens is 1. The third-order valence-corrected chi connectivity index (χ3v) is 5.42. The molecule has 164 valence electrons. The van der Waals surface area contributed by atoms with Crippen molar-refractivity contribution in [2.45, 2.75) is 33.4 Å². The highest BCUT2D eigenvalue weighted by atomic mass is 35.5. The van der Waals surface area contributed by atoms with E-state index in [4.69, 9.17) is 16.0 Å². The monoisotopic (exact) mass is 451 g/mol. The van der Waals surface area contributed by atoms with Crippen molar-refractivity contribution in [2.75, 3.05) is 6.54 Å². The first-order valence-electron chi connectivity index (χ1n) is 10.3. The van der Waals surface area contributed by atoms with Crippen LogP contribution in [0.3, 0.4) is 0 Å². The summed E-state index contributed by atoms with van der Waals surface area (Å²) in [5.74, 6) is 0.839. The summed E-state index contributed by atoms with van der Waals surface area (Å²) >= 11 is 6.20. The first kappa shape index (κ1) is 21.7. The van der Waals surface area contributed by atoms with Crippen LogP contribution in [0, 0.1) is 6.92 Å². The van der Waals surface area contributed by atoms with Crippen molar-refractivity contribution in [3.05, 3.63) is 75.6 Å². The van der Waals surface area contributed by atoms with Crippen molar-refractivity contribution in [1.29, 1.82) is 0 Å². The van der Waals surface area contributed by atoms with Crippen molar-refractivity contribution in [3.63, 3.8) is 0 Å². The zero-order chi connectivity index (χ0) is 22.7. The lowest BCUT2D eigenvalue weighted by molar-refractivity contribution is -0.132. The topological polar surface area (TPSA) is 94.1 Å². The second-order valence-corrected chi connectivity index (χ2v) is 7.77. The van der Waals surface area contributed by atoms with Crippen LogP contribution in [0.15, 0.2) is 57.7 Å². The fourth-order valence-corrected chi connectivity index (χ4v) is 3.70. The van der Waals surface area contributed by atoms with Crippen molar-refractivity contribution >= 4 is 28.4 Å². The van der Waals surface area contributed by atoms with Gasteiger partial charge in [0.2, 0.25) is 17.7 Å². The number of benzene rings is 2. The number of nitrogens with zero attached hydrogens (tertiary/aromatic N) is 5. The number of hydrogen-bond donors (Lipinski definition) is 0. The summed E-state index contributed by atoms with van der Waals surface area (Å²) in [4.78, 5) is 32.1. The average Bonchev–Trinajstić information content (AvgIpc) is 3.25. The molecule has 0 radical (unpaired) electrons. The van der Waals surface area contributed by atoms with E-state index >= 15 is 0 Å². The molecule has 0 aliphatic carbocycles. The largest absolute Gasteiger partial charge is 0.419 e. The maximum Gasteiger partial charge on any atom is 0.261 e. The highest BCUT2D eigenvalue weighted by molar-refractivity contribution is 6.33. The maximum absolute atomic E-state index is 13.1. The van der Waals surface area contributed by atoms with Gasteiger partial charge in [0.25, 0.3) is 5.56 Å². The smallest absolute Gasteiger partial charge is 0.261 e. The summed E-state index contributed by atoms with van der Waals surface area (Å²) in [5.41, 5.74) is 1.00. The van der Waals surface area contributed by atoms with E-state index in [1.54, 1.807) is 42.2 Å². The minimum absolute atomic E-state index is 0.117. The van der Waals surface area contributed by atoms with Crippen LogP contribution in [0.4, 0.5) is 0 Å². The summed E-state index contributed by atoms with van der Waals surface area (Å²) in [6, 6.07) is 14.3. The number of fused-ring (bicyclic) bond motifs is 1. The standard InChI is InChI=1S/C23H22ClN5O3/c1-3-12-28(13-20-26-27-22(32-20)16-8-4-6-10-18(16)24)21(30)14-29-15(2)25-19-11-7-5-9-17(19)23(29)31/h4-11H,3,12-14H2,1-2H3. The van der Waals surface area contributed by atoms with Crippen LogP contribution >= 0.6 is 11.6 Å². The van der Waals surface area contributed by atoms with Crippen LogP contribution in [0.1, 0.15) is 25.1 Å². The third-order valence-electron chi connectivity index (χ3n) is 5.09. The molecule has 0 unspecified atom stereocenters. The number of amides is 1. The zero-order valence-electron chi connectivity index (χ0n) is 17.8. The Kier molecular flexibility index (Phi) is 6.32. The van der Waals surface area contributed by atoms with Crippen LogP contribution in [0.25, 0.3) is 22.4 Å². The van der Waals surface area contributed by atoms with Crippen molar-refractivity contribution < 1.29 is 9.21 Å². The van der Waals surface area contributed by atoms with E-state index in [1.807, 2.05) is 25.1 Å². The number of hydrogen-bond acceptors (Lipinski definition) is 6. The molecule has 0 bridgehead atoms. The highest BCUT2D eigenvalue weighted by Crippen LogP contribution is 2.26. The summed E-state index contributed by atoms with van der Waals surface area (Å²) in [5, 5.41) is 9.12. The molecule has 2 aromatic heterocycles. The van der Waals surface area contributed by atoms with Gasteiger partial charge in [-0.1, -0.05) is 42.8 Å². The molecule has 1 amide bonds. The first-order valence-corrected chi connectivity index (χ1v) is 10.7. The molecule has 0 spiro atoms. The molecule has 9 heteroatoms. The molecule has 0 fully saturated rings. The van der Waals surface area contributed by atoms with Crippen LogP contribution in [0.5, 0.6) is 0 Å². The van der Waals surface area contributed by atoms with Gasteiger partial charge in [-0.25, -0.2) is 4.98 Å². The summed E-state index contributed by atoms with van der Waals surface area (Å²) < 4.78 is 7.15. The number of aromatic nitrogens is 4. The second kappa shape index (κ2) is 9.32. The van der Waals surface area contributed by atoms with Crippen molar-refractivity contribution in [2.24, 2.45) is 0 Å². The molecule has 0 aliphatic heterocycles. The van der Waals surface area contributed by atoms with Gasteiger partial charge in [-0.3, -0.25) is 14.2 Å². The number of para-hydroxylation sites is 1. The Labute approximate surface area is 189 Å². The molecular formula is C23H22ClN5O3. The van der Waals surface area contributed by atoms with Gasteiger partial charge in [0.1, 0.15) is 12.4 Å². The first-order chi connectivity index (χ1) is 15.5. The number of aryl methyl sites for hydroxylation is 1. The Morgan fingerprint density at radius 2 is 1.88 bits per heavy atom. The normalized spacial score (nSPS) is 11.1. The third kappa shape index (κ3) is 4.40. The summed E-state index contributed by atoms with van der Waals surface area (Å²) in [7, 11) is 0. The van der Waals surface area contributed by atoms with E-state index in [9.17, 15) is 9.59 Å². The second-order valence-electron chi connectivity index (χ2n) is 7.36. The number of carbonyl (C=O) groups excluding carboxylic acids is 1. The molecule has 4 aromatic rings. The Bertz CT molecular complexity index is 1330. The number of carbonyl (C=O) groups is 1. The Morgan fingerprint density at radius 3 is 2.66 bits per heavy atom. The molecule has 0 saturated carbocycles. The van der Waals surface area contributed by atoms with Gasteiger partial charge in [0.15, 0.2) is 0 Å². The van der Waals surface area contributed by atoms with Gasteiger partial charge >= 0.3 is 0 Å². The highest BCUT2D eigenvalue weighted by Gasteiger charge is 2.20. The molecular weight excluding hydrogens is 430 g/mol. The summed E-state index contributed by atoms with van der Waals surface area (Å²) in [6.07, 6.45) is 0.737. The van der Waals surface area contributed by atoms with Crippen LogP contribution in [-0.2, 0) is 17.9 Å². The van der Waals surface area contributed by atoms with E-state index < -0.39 is 0 Å². The Hall–Kier alpha value is -3.52. The lowest BCUT2D eigenvalue weighted by Crippen LogP contribution is -2.37. The fraction of sp³-hybridized carbons (Fsp3) is 0.261. The summed E-state index contributed by atoms with van der Waals surface area (Å²) in [6.45, 7) is 4.20. The van der Waals surface area contributed by atoms with Gasteiger partial charge in [0, 0.05) is 6.54 Å². The quantitative estimate of drug-likeness (QED) is 0.423. The van der Waals surface area contributed by atoms with E-state index in [0.717, 1.165) is 6.42 Å². The molecule has 0 aliphatic rings. The van der Waals surface area contributed by atoms with Crippen LogP contribution in [-0.4, -0.2) is 37.1 Å². The number of rotatable bonds is 7. The van der Waals surface area contributed by atoms with E-state index in [1.165, 1.54) is 4.57 Å². The average molecular weight is 452 g/mol. The minimum Gasteiger partial charge on any atom is -0.419 e. The molecule has 32 heavy (non-hydrogen) atoms. The molecule has 2 aromatic carbocycles.